The van der Waals surface area contributed by atoms with Crippen LogP contribution in [-0.4, -0.2) is 48.7 Å². The van der Waals surface area contributed by atoms with E-state index in [0.29, 0.717) is 6.42 Å². The lowest BCUT2D eigenvalue weighted by Gasteiger charge is -2.31. The van der Waals surface area contributed by atoms with Crippen molar-refractivity contribution in [2.75, 3.05) is 13.7 Å². The summed E-state index contributed by atoms with van der Waals surface area (Å²) >= 11 is 0. The van der Waals surface area contributed by atoms with Crippen molar-refractivity contribution in [3.8, 4) is 0 Å². The molecular weight excluding hydrogens is 200 g/mol. The van der Waals surface area contributed by atoms with Gasteiger partial charge in [0.1, 0.15) is 6.10 Å². The molecule has 4 atom stereocenters. The van der Waals surface area contributed by atoms with Gasteiger partial charge in [0.2, 0.25) is 0 Å². The van der Waals surface area contributed by atoms with E-state index in [1.165, 1.54) is 0 Å². The Morgan fingerprint density at radius 3 is 2.40 bits per heavy atom. The Kier molecular flexibility index (Phi) is 7.90. The zero-order valence-corrected chi connectivity index (χ0v) is 9.84. The lowest BCUT2D eigenvalue weighted by atomic mass is 10.1. The van der Waals surface area contributed by atoms with Crippen molar-refractivity contribution < 1.29 is 24.4 Å². The molecule has 0 aromatic heterocycles. The normalized spacial score (nSPS) is 32.8. The third-order valence-corrected chi connectivity index (χ3v) is 2.00. The number of rotatable bonds is 3. The quantitative estimate of drug-likeness (QED) is 0.680. The molecule has 0 aromatic rings. The van der Waals surface area contributed by atoms with Crippen molar-refractivity contribution in [3.63, 3.8) is 0 Å². The smallest absolute Gasteiger partial charge is 0.181 e. The van der Waals surface area contributed by atoms with Gasteiger partial charge in [-0.1, -0.05) is 13.8 Å². The van der Waals surface area contributed by atoms with Crippen LogP contribution in [0.1, 0.15) is 27.2 Å². The van der Waals surface area contributed by atoms with Crippen molar-refractivity contribution in [1.82, 2.24) is 0 Å². The first-order valence-electron chi connectivity index (χ1n) is 5.29. The zero-order chi connectivity index (χ0) is 11.8. The Hall–Kier alpha value is -0.200. The minimum Gasteiger partial charge on any atom is -0.388 e. The fraction of sp³-hybridized carbons (Fsp3) is 1.00. The Morgan fingerprint density at radius 2 is 1.93 bits per heavy atom. The second kappa shape index (κ2) is 8.01. The lowest BCUT2D eigenvalue weighted by molar-refractivity contribution is -0.245. The van der Waals surface area contributed by atoms with E-state index in [9.17, 15) is 5.11 Å². The number of aliphatic hydroxyl groups is 2. The highest BCUT2D eigenvalue weighted by molar-refractivity contribution is 4.72. The fourth-order valence-corrected chi connectivity index (χ4v) is 1.19. The summed E-state index contributed by atoms with van der Waals surface area (Å²) in [7, 11) is 1.54. The highest BCUT2D eigenvalue weighted by atomic mass is 16.7. The maximum atomic E-state index is 9.24. The van der Waals surface area contributed by atoms with Crippen LogP contribution in [0.3, 0.4) is 0 Å². The lowest BCUT2D eigenvalue weighted by Crippen LogP contribution is -2.43. The minimum absolute atomic E-state index is 0.214. The second-order valence-corrected chi connectivity index (χ2v) is 3.09. The van der Waals surface area contributed by atoms with Crippen LogP contribution in [0.4, 0.5) is 0 Å². The zero-order valence-electron chi connectivity index (χ0n) is 9.84. The molecule has 1 aliphatic rings. The summed E-state index contributed by atoms with van der Waals surface area (Å²) in [5.41, 5.74) is 0. The summed E-state index contributed by atoms with van der Waals surface area (Å²) in [5.74, 6) is 0. The van der Waals surface area contributed by atoms with Crippen LogP contribution in [-0.2, 0) is 14.2 Å². The fourth-order valence-electron chi connectivity index (χ4n) is 1.19. The SMILES string of the molecule is CC.COC(C)OC1COC(O)C(O)C1. The number of aliphatic hydroxyl groups excluding tert-OH is 2. The van der Waals surface area contributed by atoms with Gasteiger partial charge in [-0.3, -0.25) is 0 Å². The average molecular weight is 222 g/mol. The number of methoxy groups -OCH3 is 1. The molecule has 0 aliphatic carbocycles. The van der Waals surface area contributed by atoms with Gasteiger partial charge in [0.15, 0.2) is 12.6 Å². The Bertz CT molecular complexity index is 151. The highest BCUT2D eigenvalue weighted by Crippen LogP contribution is 2.16. The van der Waals surface area contributed by atoms with Gasteiger partial charge >= 0.3 is 0 Å². The monoisotopic (exact) mass is 222 g/mol. The molecule has 1 fully saturated rings. The van der Waals surface area contributed by atoms with Gasteiger partial charge < -0.3 is 24.4 Å². The standard InChI is InChI=1S/C8H16O5.C2H6/c1-5(11-2)13-6-3-7(9)8(10)12-4-6;1-2/h5-10H,3-4H2,1-2H3;1-2H3. The van der Waals surface area contributed by atoms with E-state index in [-0.39, 0.29) is 19.0 Å². The van der Waals surface area contributed by atoms with Crippen molar-refractivity contribution in [2.24, 2.45) is 0 Å². The van der Waals surface area contributed by atoms with Gasteiger partial charge in [-0.15, -0.1) is 0 Å². The van der Waals surface area contributed by atoms with Crippen LogP contribution in [0.25, 0.3) is 0 Å². The molecule has 2 N–H and O–H groups in total. The minimum atomic E-state index is -1.09. The second-order valence-electron chi connectivity index (χ2n) is 3.09. The van der Waals surface area contributed by atoms with Crippen LogP contribution in [0.15, 0.2) is 0 Å². The van der Waals surface area contributed by atoms with E-state index in [0.717, 1.165) is 0 Å². The van der Waals surface area contributed by atoms with E-state index >= 15 is 0 Å². The van der Waals surface area contributed by atoms with Crippen LogP contribution >= 0.6 is 0 Å². The first kappa shape index (κ1) is 14.8. The molecule has 4 unspecified atom stereocenters. The molecule has 1 aliphatic heterocycles. The van der Waals surface area contributed by atoms with Gasteiger partial charge in [-0.2, -0.15) is 0 Å². The summed E-state index contributed by atoms with van der Waals surface area (Å²) in [6.07, 6.45) is -2.13. The van der Waals surface area contributed by atoms with Crippen LogP contribution < -0.4 is 0 Å². The Labute approximate surface area is 91.0 Å². The number of ether oxygens (including phenoxy) is 3. The molecule has 1 heterocycles. The van der Waals surface area contributed by atoms with Gasteiger partial charge in [0.25, 0.3) is 0 Å². The topological polar surface area (TPSA) is 68.2 Å². The van der Waals surface area contributed by atoms with Gasteiger partial charge in [-0.25, -0.2) is 0 Å². The van der Waals surface area contributed by atoms with Crippen molar-refractivity contribution in [2.45, 2.75) is 52.0 Å². The molecule has 5 nitrogen and oxygen atoms in total. The molecule has 15 heavy (non-hydrogen) atoms. The molecule has 0 radical (unpaired) electrons. The summed E-state index contributed by atoms with van der Waals surface area (Å²) < 4.78 is 15.1. The average Bonchev–Trinajstić information content (AvgIpc) is 2.26. The van der Waals surface area contributed by atoms with E-state index in [4.69, 9.17) is 19.3 Å². The van der Waals surface area contributed by atoms with Crippen molar-refractivity contribution in [3.05, 3.63) is 0 Å². The van der Waals surface area contributed by atoms with E-state index < -0.39 is 12.4 Å². The van der Waals surface area contributed by atoms with Crippen LogP contribution in [0.5, 0.6) is 0 Å². The van der Waals surface area contributed by atoms with E-state index in [1.807, 2.05) is 13.8 Å². The molecular formula is C10H22O5. The van der Waals surface area contributed by atoms with E-state index in [1.54, 1.807) is 14.0 Å². The Balaban J connectivity index is 0.000000921. The van der Waals surface area contributed by atoms with Gasteiger partial charge in [-0.05, 0) is 6.92 Å². The number of hydrogen-bond donors (Lipinski definition) is 2. The third kappa shape index (κ3) is 5.44. The van der Waals surface area contributed by atoms with Gasteiger partial charge in [0.05, 0.1) is 12.7 Å². The molecule has 1 saturated heterocycles. The molecule has 0 spiro atoms. The Morgan fingerprint density at radius 1 is 1.33 bits per heavy atom. The third-order valence-electron chi connectivity index (χ3n) is 2.00. The maximum Gasteiger partial charge on any atom is 0.181 e. The van der Waals surface area contributed by atoms with Crippen molar-refractivity contribution in [1.29, 1.82) is 0 Å². The summed E-state index contributed by atoms with van der Waals surface area (Å²) in [6.45, 7) is 6.04. The molecule has 0 bridgehead atoms. The van der Waals surface area contributed by atoms with Crippen LogP contribution in [0, 0.1) is 0 Å². The summed E-state index contributed by atoms with van der Waals surface area (Å²) in [5, 5.41) is 18.3. The van der Waals surface area contributed by atoms with Crippen molar-refractivity contribution >= 4 is 0 Å². The predicted octanol–water partition coefficient (Wildman–Crippen LogP) is 0.490. The largest absolute Gasteiger partial charge is 0.388 e. The van der Waals surface area contributed by atoms with Crippen LogP contribution in [0.2, 0.25) is 0 Å². The highest BCUT2D eigenvalue weighted by Gasteiger charge is 2.29. The molecule has 0 amide bonds. The van der Waals surface area contributed by atoms with Gasteiger partial charge in [0, 0.05) is 13.5 Å². The molecule has 1 rings (SSSR count). The molecule has 0 aromatic carbocycles. The molecule has 92 valence electrons. The summed E-state index contributed by atoms with van der Waals surface area (Å²) in [4.78, 5) is 0. The first-order chi connectivity index (χ1) is 7.13. The predicted molar refractivity (Wildman–Crippen MR) is 55.3 cm³/mol. The maximum absolute atomic E-state index is 9.24. The molecule has 0 saturated carbocycles. The number of hydrogen-bond acceptors (Lipinski definition) is 5. The van der Waals surface area contributed by atoms with E-state index in [2.05, 4.69) is 0 Å². The first-order valence-corrected chi connectivity index (χ1v) is 5.29. The summed E-state index contributed by atoms with van der Waals surface area (Å²) in [6, 6.07) is 0. The molecule has 5 heteroatoms.